The third kappa shape index (κ3) is 4.86. The number of aliphatic hydroxyl groups excluding tert-OH is 1. The summed E-state index contributed by atoms with van der Waals surface area (Å²) >= 11 is 0. The normalized spacial score (nSPS) is 22.8. The molecule has 1 saturated heterocycles. The van der Waals surface area contributed by atoms with Gasteiger partial charge >= 0.3 is 0 Å². The summed E-state index contributed by atoms with van der Waals surface area (Å²) in [5.41, 5.74) is -0.122. The van der Waals surface area contributed by atoms with Crippen molar-refractivity contribution in [3.05, 3.63) is 0 Å². The Balaban J connectivity index is 0.00000144. The van der Waals surface area contributed by atoms with Gasteiger partial charge in [0.15, 0.2) is 0 Å². The van der Waals surface area contributed by atoms with E-state index in [1.165, 1.54) is 6.42 Å². The van der Waals surface area contributed by atoms with E-state index in [9.17, 15) is 0 Å². The van der Waals surface area contributed by atoms with Crippen LogP contribution in [0.15, 0.2) is 0 Å². The second-order valence-electron chi connectivity index (χ2n) is 4.28. The van der Waals surface area contributed by atoms with Gasteiger partial charge in [-0.3, -0.25) is 0 Å². The van der Waals surface area contributed by atoms with E-state index in [1.54, 1.807) is 0 Å². The average Bonchev–Trinajstić information content (AvgIpc) is 2.53. The van der Waals surface area contributed by atoms with Crippen LogP contribution >= 0.6 is 13.5 Å². The van der Waals surface area contributed by atoms with Crippen LogP contribution in [0.4, 0.5) is 0 Å². The second kappa shape index (κ2) is 5.86. The first-order valence-corrected chi connectivity index (χ1v) is 4.71. The second-order valence-corrected chi connectivity index (χ2v) is 4.28. The largest absolute Gasteiger partial charge is 0.394 e. The van der Waals surface area contributed by atoms with Crippen LogP contribution in [-0.4, -0.2) is 36.9 Å². The van der Waals surface area contributed by atoms with Crippen LogP contribution in [0.1, 0.15) is 20.3 Å². The number of aliphatic hydroxyl groups is 1. The molecule has 3 nitrogen and oxygen atoms in total. The maximum Gasteiger partial charge on any atom is 0.0607 e. The standard InChI is InChI=1S/C9H20N2O.H2S/c1-9(2,7-12)11-6-8-3-4-10-5-8;/h8,10-12H,3-7H2,1-2H3;1H2/t8-;/m0./s1. The number of rotatable bonds is 4. The lowest BCUT2D eigenvalue weighted by atomic mass is 10.0. The molecule has 0 saturated carbocycles. The first-order chi connectivity index (χ1) is 5.64. The van der Waals surface area contributed by atoms with E-state index >= 15 is 0 Å². The first kappa shape index (κ1) is 13.2. The molecule has 3 N–H and O–H groups in total. The number of hydrogen-bond acceptors (Lipinski definition) is 3. The molecule has 80 valence electrons. The molecule has 1 atom stereocenters. The van der Waals surface area contributed by atoms with Crippen LogP contribution in [0.25, 0.3) is 0 Å². The van der Waals surface area contributed by atoms with Crippen LogP contribution in [0.2, 0.25) is 0 Å². The molecule has 1 aliphatic heterocycles. The molecule has 0 amide bonds. The van der Waals surface area contributed by atoms with Crippen molar-refractivity contribution in [1.82, 2.24) is 10.6 Å². The smallest absolute Gasteiger partial charge is 0.0607 e. The Morgan fingerprint density at radius 2 is 2.23 bits per heavy atom. The zero-order valence-corrected chi connectivity index (χ0v) is 9.56. The van der Waals surface area contributed by atoms with E-state index in [1.807, 2.05) is 13.8 Å². The summed E-state index contributed by atoms with van der Waals surface area (Å²) in [4.78, 5) is 0. The van der Waals surface area contributed by atoms with E-state index in [0.29, 0.717) is 0 Å². The van der Waals surface area contributed by atoms with Crippen molar-refractivity contribution in [1.29, 1.82) is 0 Å². The lowest BCUT2D eigenvalue weighted by Gasteiger charge is -2.25. The minimum atomic E-state index is -0.122. The molecule has 0 spiro atoms. The summed E-state index contributed by atoms with van der Waals surface area (Å²) < 4.78 is 0. The Hall–Kier alpha value is 0.230. The summed E-state index contributed by atoms with van der Waals surface area (Å²) in [5, 5.41) is 15.7. The van der Waals surface area contributed by atoms with Gasteiger partial charge < -0.3 is 15.7 Å². The predicted molar refractivity (Wildman–Crippen MR) is 60.5 cm³/mol. The molecular weight excluding hydrogens is 184 g/mol. The van der Waals surface area contributed by atoms with Crippen molar-refractivity contribution in [2.75, 3.05) is 26.2 Å². The third-order valence-electron chi connectivity index (χ3n) is 2.43. The van der Waals surface area contributed by atoms with E-state index in [-0.39, 0.29) is 25.6 Å². The summed E-state index contributed by atoms with van der Waals surface area (Å²) in [7, 11) is 0. The molecule has 0 radical (unpaired) electrons. The molecule has 0 aromatic carbocycles. The maximum atomic E-state index is 8.99. The Morgan fingerprint density at radius 1 is 1.54 bits per heavy atom. The monoisotopic (exact) mass is 206 g/mol. The SMILES string of the molecule is CC(C)(CO)NC[C@H]1CCNC1.S. The first-order valence-electron chi connectivity index (χ1n) is 4.71. The van der Waals surface area contributed by atoms with Crippen molar-refractivity contribution < 1.29 is 5.11 Å². The van der Waals surface area contributed by atoms with Crippen LogP contribution in [0.5, 0.6) is 0 Å². The summed E-state index contributed by atoms with van der Waals surface area (Å²) in [5.74, 6) is 0.746. The molecule has 0 bridgehead atoms. The van der Waals surface area contributed by atoms with Crippen molar-refractivity contribution in [2.24, 2.45) is 5.92 Å². The van der Waals surface area contributed by atoms with Crippen molar-refractivity contribution in [2.45, 2.75) is 25.8 Å². The van der Waals surface area contributed by atoms with Gasteiger partial charge in [-0.15, -0.1) is 0 Å². The lowest BCUT2D eigenvalue weighted by Crippen LogP contribution is -2.45. The van der Waals surface area contributed by atoms with Gasteiger partial charge in [0.1, 0.15) is 0 Å². The predicted octanol–water partition coefficient (Wildman–Crippen LogP) is 0.0692. The molecule has 1 aliphatic rings. The molecule has 0 aromatic rings. The highest BCUT2D eigenvalue weighted by molar-refractivity contribution is 7.59. The van der Waals surface area contributed by atoms with Gasteiger partial charge in [-0.25, -0.2) is 0 Å². The van der Waals surface area contributed by atoms with Crippen LogP contribution in [0, 0.1) is 5.92 Å². The van der Waals surface area contributed by atoms with Crippen molar-refractivity contribution in [3.63, 3.8) is 0 Å². The third-order valence-corrected chi connectivity index (χ3v) is 2.43. The molecule has 0 aliphatic carbocycles. The molecule has 4 heteroatoms. The van der Waals surface area contributed by atoms with Gasteiger partial charge in [0.25, 0.3) is 0 Å². The Morgan fingerprint density at radius 3 is 2.69 bits per heavy atom. The average molecular weight is 206 g/mol. The van der Waals surface area contributed by atoms with Gasteiger partial charge in [-0.05, 0) is 45.8 Å². The quantitative estimate of drug-likeness (QED) is 0.610. The van der Waals surface area contributed by atoms with E-state index in [2.05, 4.69) is 10.6 Å². The van der Waals surface area contributed by atoms with E-state index < -0.39 is 0 Å². The highest BCUT2D eigenvalue weighted by Crippen LogP contribution is 2.08. The summed E-state index contributed by atoms with van der Waals surface area (Å²) in [6.07, 6.45) is 1.26. The van der Waals surface area contributed by atoms with Gasteiger partial charge in [-0.2, -0.15) is 13.5 Å². The van der Waals surface area contributed by atoms with E-state index in [4.69, 9.17) is 5.11 Å². The van der Waals surface area contributed by atoms with Gasteiger partial charge in [0.2, 0.25) is 0 Å². The van der Waals surface area contributed by atoms with Gasteiger partial charge in [0.05, 0.1) is 6.61 Å². The number of hydrogen-bond donors (Lipinski definition) is 3. The highest BCUT2D eigenvalue weighted by Gasteiger charge is 2.19. The van der Waals surface area contributed by atoms with Gasteiger partial charge in [0, 0.05) is 5.54 Å². The van der Waals surface area contributed by atoms with Crippen LogP contribution in [0.3, 0.4) is 0 Å². The van der Waals surface area contributed by atoms with Crippen molar-refractivity contribution in [3.8, 4) is 0 Å². The molecule has 0 aromatic heterocycles. The zero-order valence-electron chi connectivity index (χ0n) is 8.56. The topological polar surface area (TPSA) is 44.3 Å². The molecular formula is C9H22N2OS. The Kier molecular flexibility index (Phi) is 5.96. The molecule has 13 heavy (non-hydrogen) atoms. The zero-order chi connectivity index (χ0) is 9.03. The Bertz CT molecular complexity index is 136. The molecule has 1 fully saturated rings. The fourth-order valence-corrected chi connectivity index (χ4v) is 1.37. The van der Waals surface area contributed by atoms with E-state index in [0.717, 1.165) is 25.6 Å². The molecule has 1 rings (SSSR count). The fourth-order valence-electron chi connectivity index (χ4n) is 1.37. The summed E-state index contributed by atoms with van der Waals surface area (Å²) in [6, 6.07) is 0. The summed E-state index contributed by atoms with van der Waals surface area (Å²) in [6.45, 7) is 7.53. The minimum absolute atomic E-state index is 0. The lowest BCUT2D eigenvalue weighted by molar-refractivity contribution is 0.184. The minimum Gasteiger partial charge on any atom is -0.394 e. The van der Waals surface area contributed by atoms with Crippen molar-refractivity contribution >= 4 is 13.5 Å². The highest BCUT2D eigenvalue weighted by atomic mass is 32.1. The molecule has 1 heterocycles. The number of nitrogens with one attached hydrogen (secondary N) is 2. The fraction of sp³-hybridized carbons (Fsp3) is 1.00. The van der Waals surface area contributed by atoms with Gasteiger partial charge in [-0.1, -0.05) is 0 Å². The maximum absolute atomic E-state index is 8.99. The molecule has 0 unspecified atom stereocenters. The Labute approximate surface area is 87.7 Å². The van der Waals surface area contributed by atoms with Crippen LogP contribution in [-0.2, 0) is 0 Å². The van der Waals surface area contributed by atoms with Crippen LogP contribution < -0.4 is 10.6 Å².